The van der Waals surface area contributed by atoms with Gasteiger partial charge in [-0.2, -0.15) is 0 Å². The molecule has 0 spiro atoms. The Labute approximate surface area is 152 Å². The van der Waals surface area contributed by atoms with Gasteiger partial charge >= 0.3 is 11.9 Å². The van der Waals surface area contributed by atoms with Crippen LogP contribution in [-0.2, 0) is 23.9 Å². The highest BCUT2D eigenvalue weighted by Crippen LogP contribution is 2.16. The maximum atomic E-state index is 11.9. The predicted octanol–water partition coefficient (Wildman–Crippen LogP) is 1.88. The molecule has 7 heteroatoms. The molecule has 0 aliphatic heterocycles. The molecule has 0 bridgehead atoms. The first-order chi connectivity index (χ1) is 12.5. The number of esters is 2. The molecule has 140 valence electrons. The predicted molar refractivity (Wildman–Crippen MR) is 96.4 cm³/mol. The molecule has 1 rings (SSSR count). The molecule has 0 atom stereocenters. The van der Waals surface area contributed by atoms with Crippen molar-refractivity contribution in [3.8, 4) is 5.75 Å². The van der Waals surface area contributed by atoms with E-state index in [0.717, 1.165) is 0 Å². The van der Waals surface area contributed by atoms with Crippen LogP contribution in [0.25, 0.3) is 6.08 Å². The molecule has 0 aliphatic carbocycles. The first kappa shape index (κ1) is 21.0. The summed E-state index contributed by atoms with van der Waals surface area (Å²) in [5.41, 5.74) is 0.447. The summed E-state index contributed by atoms with van der Waals surface area (Å²) in [6, 6.07) is 6.76. The molecule has 1 N–H and O–H groups in total. The number of amides is 1. The van der Waals surface area contributed by atoms with Crippen molar-refractivity contribution in [2.75, 3.05) is 26.4 Å². The van der Waals surface area contributed by atoms with Gasteiger partial charge < -0.3 is 19.5 Å². The molecule has 0 fully saturated rings. The number of hydrogen-bond donors (Lipinski definition) is 1. The van der Waals surface area contributed by atoms with Crippen LogP contribution in [0.4, 0.5) is 0 Å². The van der Waals surface area contributed by atoms with Gasteiger partial charge in [0.05, 0.1) is 19.8 Å². The highest BCUT2D eigenvalue weighted by Gasteiger charge is 2.20. The average molecular weight is 361 g/mol. The van der Waals surface area contributed by atoms with Crippen LogP contribution in [-0.4, -0.2) is 44.2 Å². The van der Waals surface area contributed by atoms with Crippen LogP contribution in [0, 0.1) is 0 Å². The van der Waals surface area contributed by atoms with Crippen molar-refractivity contribution in [2.24, 2.45) is 0 Å². The smallest absolute Gasteiger partial charge is 0.345 e. The fourth-order valence-electron chi connectivity index (χ4n) is 1.86. The normalized spacial score (nSPS) is 9.62. The highest BCUT2D eigenvalue weighted by molar-refractivity contribution is 6.17. The first-order valence-corrected chi connectivity index (χ1v) is 8.20. The van der Waals surface area contributed by atoms with Crippen LogP contribution < -0.4 is 10.1 Å². The summed E-state index contributed by atoms with van der Waals surface area (Å²) in [5, 5.41) is 2.59. The lowest BCUT2D eigenvalue weighted by molar-refractivity contribution is -0.146. The van der Waals surface area contributed by atoms with E-state index in [0.29, 0.717) is 24.5 Å². The maximum Gasteiger partial charge on any atom is 0.345 e. The van der Waals surface area contributed by atoms with E-state index >= 15 is 0 Å². The quantitative estimate of drug-likeness (QED) is 0.225. The minimum absolute atomic E-state index is 0.157. The van der Waals surface area contributed by atoms with Crippen LogP contribution in [0.2, 0.25) is 0 Å². The largest absolute Gasteiger partial charge is 0.492 e. The number of carbonyl (C=O) groups excluding carboxylic acids is 3. The topological polar surface area (TPSA) is 90.9 Å². The first-order valence-electron chi connectivity index (χ1n) is 8.20. The SMILES string of the molecule is C=CC(=O)NCCOc1ccc(C=C(C(=O)OCC)C(=O)OCC)cc1. The Morgan fingerprint density at radius 2 is 1.62 bits per heavy atom. The van der Waals surface area contributed by atoms with Crippen molar-refractivity contribution >= 4 is 23.9 Å². The van der Waals surface area contributed by atoms with E-state index in [2.05, 4.69) is 11.9 Å². The van der Waals surface area contributed by atoms with E-state index in [1.807, 2.05) is 0 Å². The summed E-state index contributed by atoms with van der Waals surface area (Å²) in [6.45, 7) is 7.63. The second-order valence-corrected chi connectivity index (χ2v) is 4.91. The number of nitrogens with one attached hydrogen (secondary N) is 1. The van der Waals surface area contributed by atoms with Crippen molar-refractivity contribution in [3.05, 3.63) is 48.1 Å². The molecule has 0 saturated heterocycles. The Morgan fingerprint density at radius 1 is 1.04 bits per heavy atom. The molecule has 7 nitrogen and oxygen atoms in total. The second-order valence-electron chi connectivity index (χ2n) is 4.91. The van der Waals surface area contributed by atoms with E-state index < -0.39 is 11.9 Å². The number of benzene rings is 1. The Hall–Kier alpha value is -3.09. The van der Waals surface area contributed by atoms with E-state index in [9.17, 15) is 14.4 Å². The van der Waals surface area contributed by atoms with Gasteiger partial charge in [-0.05, 0) is 43.7 Å². The zero-order valence-electron chi connectivity index (χ0n) is 14.9. The van der Waals surface area contributed by atoms with Gasteiger partial charge in [-0.3, -0.25) is 4.79 Å². The van der Waals surface area contributed by atoms with Crippen molar-refractivity contribution in [1.82, 2.24) is 5.32 Å². The molecule has 0 unspecified atom stereocenters. The second kappa shape index (κ2) is 11.5. The Balaban J connectivity index is 2.75. The van der Waals surface area contributed by atoms with Gasteiger partial charge in [0.1, 0.15) is 17.9 Å². The fraction of sp³-hybridized carbons (Fsp3) is 0.316. The van der Waals surface area contributed by atoms with Gasteiger partial charge in [-0.25, -0.2) is 9.59 Å². The molecule has 0 heterocycles. The van der Waals surface area contributed by atoms with Crippen molar-refractivity contribution in [1.29, 1.82) is 0 Å². The van der Waals surface area contributed by atoms with Gasteiger partial charge in [-0.1, -0.05) is 18.7 Å². The van der Waals surface area contributed by atoms with Gasteiger partial charge in [0.15, 0.2) is 0 Å². The van der Waals surface area contributed by atoms with Gasteiger partial charge in [0, 0.05) is 0 Å². The standard InChI is InChI=1S/C19H23NO6/c1-4-17(21)20-11-12-26-15-9-7-14(8-10-15)13-16(18(22)24-5-2)19(23)25-6-3/h4,7-10,13H,1,5-6,11-12H2,2-3H3,(H,20,21). The van der Waals surface area contributed by atoms with E-state index in [1.165, 1.54) is 12.2 Å². The molecule has 1 aromatic rings. The lowest BCUT2D eigenvalue weighted by Crippen LogP contribution is -2.26. The van der Waals surface area contributed by atoms with Crippen LogP contribution in [0.15, 0.2) is 42.5 Å². The van der Waals surface area contributed by atoms with Crippen LogP contribution in [0.1, 0.15) is 19.4 Å². The maximum absolute atomic E-state index is 11.9. The van der Waals surface area contributed by atoms with E-state index in [-0.39, 0.29) is 24.7 Å². The molecule has 1 aromatic carbocycles. The molecule has 0 saturated carbocycles. The third kappa shape index (κ3) is 7.21. The molecular formula is C19H23NO6. The van der Waals surface area contributed by atoms with Gasteiger partial charge in [-0.15, -0.1) is 0 Å². The lowest BCUT2D eigenvalue weighted by Gasteiger charge is -2.08. The minimum atomic E-state index is -0.732. The zero-order valence-corrected chi connectivity index (χ0v) is 14.9. The van der Waals surface area contributed by atoms with Crippen molar-refractivity contribution in [3.63, 3.8) is 0 Å². The molecule has 0 radical (unpaired) electrons. The number of hydrogen-bond acceptors (Lipinski definition) is 6. The molecule has 0 aliphatic rings. The van der Waals surface area contributed by atoms with Crippen LogP contribution in [0.3, 0.4) is 0 Å². The molecule has 1 amide bonds. The number of rotatable bonds is 10. The van der Waals surface area contributed by atoms with E-state index in [4.69, 9.17) is 14.2 Å². The number of carbonyl (C=O) groups is 3. The summed E-state index contributed by atoms with van der Waals surface area (Å²) in [4.78, 5) is 34.9. The summed E-state index contributed by atoms with van der Waals surface area (Å²) in [5.74, 6) is -1.14. The summed E-state index contributed by atoms with van der Waals surface area (Å²) >= 11 is 0. The monoisotopic (exact) mass is 361 g/mol. The summed E-state index contributed by atoms with van der Waals surface area (Å²) in [7, 11) is 0. The zero-order chi connectivity index (χ0) is 19.4. The third-order valence-corrected chi connectivity index (χ3v) is 3.04. The average Bonchev–Trinajstić information content (AvgIpc) is 2.64. The number of ether oxygens (including phenoxy) is 3. The third-order valence-electron chi connectivity index (χ3n) is 3.04. The Bertz CT molecular complexity index is 643. The summed E-state index contributed by atoms with van der Waals surface area (Å²) < 4.78 is 15.3. The summed E-state index contributed by atoms with van der Waals surface area (Å²) in [6.07, 6.45) is 2.59. The van der Waals surface area contributed by atoms with Crippen LogP contribution in [0.5, 0.6) is 5.75 Å². The minimum Gasteiger partial charge on any atom is -0.492 e. The van der Waals surface area contributed by atoms with Crippen molar-refractivity contribution < 1.29 is 28.6 Å². The Morgan fingerprint density at radius 3 is 2.12 bits per heavy atom. The molecule has 0 aromatic heterocycles. The van der Waals surface area contributed by atoms with Gasteiger partial charge in [0.25, 0.3) is 0 Å². The Kier molecular flexibility index (Phi) is 9.24. The molecule has 26 heavy (non-hydrogen) atoms. The van der Waals surface area contributed by atoms with E-state index in [1.54, 1.807) is 38.1 Å². The van der Waals surface area contributed by atoms with Gasteiger partial charge in [0.2, 0.25) is 5.91 Å². The van der Waals surface area contributed by atoms with Crippen LogP contribution >= 0.6 is 0 Å². The molecular weight excluding hydrogens is 338 g/mol. The van der Waals surface area contributed by atoms with Crippen molar-refractivity contribution in [2.45, 2.75) is 13.8 Å². The lowest BCUT2D eigenvalue weighted by atomic mass is 10.1. The highest BCUT2D eigenvalue weighted by atomic mass is 16.6. The fourth-order valence-corrected chi connectivity index (χ4v) is 1.86.